The van der Waals surface area contributed by atoms with Crippen molar-refractivity contribution in [3.05, 3.63) is 182 Å². The van der Waals surface area contributed by atoms with E-state index in [0.717, 1.165) is 17.1 Å². The first-order valence-electron chi connectivity index (χ1n) is 17.4. The number of hydrogen-bond donors (Lipinski definition) is 0. The number of anilines is 3. The maximum Gasteiger partial charge on any atom is 0.0726 e. The van der Waals surface area contributed by atoms with Crippen molar-refractivity contribution in [1.82, 2.24) is 4.57 Å². The summed E-state index contributed by atoms with van der Waals surface area (Å²) in [5, 5.41) is 12.7. The van der Waals surface area contributed by atoms with E-state index in [9.17, 15) is 0 Å². The van der Waals surface area contributed by atoms with Crippen molar-refractivity contribution in [2.75, 3.05) is 4.90 Å². The summed E-state index contributed by atoms with van der Waals surface area (Å²) in [5.41, 5.74) is 7.05. The lowest BCUT2D eigenvalue weighted by molar-refractivity contribution is 1.19. The second-order valence-electron chi connectivity index (χ2n) is 13.3. The summed E-state index contributed by atoms with van der Waals surface area (Å²) in [5.74, 6) is 0. The average molecular weight is 667 g/mol. The molecule has 0 atom stereocenters. The fraction of sp³-hybridized carbons (Fsp3) is 0. The van der Waals surface area contributed by atoms with Crippen LogP contribution < -0.4 is 4.90 Å². The summed E-state index contributed by atoms with van der Waals surface area (Å²) in [4.78, 5) is 2.42. The zero-order chi connectivity index (χ0) is 33.5. The molecule has 0 amide bonds. The molecule has 238 valence electrons. The molecule has 0 unspecified atom stereocenters. The summed E-state index contributed by atoms with van der Waals surface area (Å²) in [7, 11) is 0. The summed E-state index contributed by atoms with van der Waals surface area (Å²) < 4.78 is 5.16. The van der Waals surface area contributed by atoms with Gasteiger partial charge in [0.2, 0.25) is 0 Å². The molecule has 0 fully saturated rings. The third-order valence-corrected chi connectivity index (χ3v) is 11.7. The molecule has 0 aliphatic carbocycles. The predicted molar refractivity (Wildman–Crippen MR) is 221 cm³/mol. The molecule has 2 nitrogen and oxygen atoms in total. The maximum absolute atomic E-state index is 2.52. The molecule has 0 N–H and O–H groups in total. The Bertz CT molecular complexity index is 3150. The average Bonchev–Trinajstić information content (AvgIpc) is 3.75. The molecular weight excluding hydrogens is 637 g/mol. The van der Waals surface area contributed by atoms with Crippen molar-refractivity contribution in [3.63, 3.8) is 0 Å². The first kappa shape index (κ1) is 28.4. The number of fused-ring (bicyclic) bond motifs is 12. The van der Waals surface area contributed by atoms with Crippen LogP contribution in [0, 0.1) is 0 Å². The lowest BCUT2D eigenvalue weighted by Crippen LogP contribution is -2.10. The lowest BCUT2D eigenvalue weighted by Gasteiger charge is -2.27. The highest BCUT2D eigenvalue weighted by molar-refractivity contribution is 7.27. The van der Waals surface area contributed by atoms with E-state index in [2.05, 4.69) is 191 Å². The second kappa shape index (κ2) is 11.0. The minimum atomic E-state index is 1.13. The highest BCUT2D eigenvalue weighted by Gasteiger charge is 2.24. The Labute approximate surface area is 298 Å². The van der Waals surface area contributed by atoms with Crippen molar-refractivity contribution >= 4 is 103 Å². The van der Waals surface area contributed by atoms with E-state index in [0.29, 0.717) is 0 Å². The molecule has 0 aliphatic heterocycles. The molecule has 0 saturated heterocycles. The zero-order valence-electron chi connectivity index (χ0n) is 27.6. The molecule has 3 heteroatoms. The molecule has 2 aromatic heterocycles. The first-order chi connectivity index (χ1) is 25.3. The number of aromatic nitrogens is 1. The molecule has 51 heavy (non-hydrogen) atoms. The normalized spacial score (nSPS) is 11.9. The largest absolute Gasteiger partial charge is 0.310 e. The van der Waals surface area contributed by atoms with Crippen LogP contribution >= 0.6 is 11.3 Å². The third-order valence-electron chi connectivity index (χ3n) is 10.5. The quantitative estimate of drug-likeness (QED) is 0.181. The third kappa shape index (κ3) is 4.22. The number of nitrogens with zero attached hydrogens (tertiary/aromatic N) is 2. The van der Waals surface area contributed by atoms with E-state index in [1.54, 1.807) is 0 Å². The Kier molecular flexibility index (Phi) is 6.16. The van der Waals surface area contributed by atoms with Gasteiger partial charge in [-0.2, -0.15) is 0 Å². The monoisotopic (exact) mass is 666 g/mol. The fourth-order valence-corrected chi connectivity index (χ4v) is 9.55. The van der Waals surface area contributed by atoms with E-state index in [1.807, 2.05) is 11.3 Å². The summed E-state index contributed by atoms with van der Waals surface area (Å²) in [6.07, 6.45) is 0. The first-order valence-corrected chi connectivity index (χ1v) is 18.3. The predicted octanol–water partition coefficient (Wildman–Crippen LogP) is 14.1. The minimum absolute atomic E-state index is 1.13. The van der Waals surface area contributed by atoms with Crippen LogP contribution in [0.25, 0.3) is 80.0 Å². The van der Waals surface area contributed by atoms with Crippen molar-refractivity contribution in [2.24, 2.45) is 0 Å². The van der Waals surface area contributed by atoms with Gasteiger partial charge in [0.25, 0.3) is 0 Å². The van der Waals surface area contributed by atoms with Crippen molar-refractivity contribution in [1.29, 1.82) is 0 Å². The van der Waals surface area contributed by atoms with Crippen molar-refractivity contribution in [3.8, 4) is 5.69 Å². The Balaban J connectivity index is 1.31. The molecule has 0 aliphatic rings. The van der Waals surface area contributed by atoms with Crippen molar-refractivity contribution < 1.29 is 0 Å². The lowest BCUT2D eigenvalue weighted by atomic mass is 9.98. The Morgan fingerprint density at radius 1 is 0.412 bits per heavy atom. The van der Waals surface area contributed by atoms with Crippen LogP contribution in [-0.4, -0.2) is 4.57 Å². The SMILES string of the molecule is c1ccc(N(c2ccc3c(c2)c2c4ccccc4c4c5ccccc5sc4c2n3-c2ccc3ccccc3c2)c2cccc3ccccc23)cc1. The molecule has 0 radical (unpaired) electrons. The molecule has 9 aromatic carbocycles. The Hall–Kier alpha value is -6.42. The highest BCUT2D eigenvalue weighted by atomic mass is 32.1. The smallest absolute Gasteiger partial charge is 0.0726 e. The number of thiophene rings is 1. The van der Waals surface area contributed by atoms with E-state index >= 15 is 0 Å². The van der Waals surface area contributed by atoms with Gasteiger partial charge in [-0.15, -0.1) is 11.3 Å². The van der Waals surface area contributed by atoms with Crippen LogP contribution in [0.5, 0.6) is 0 Å². The van der Waals surface area contributed by atoms with E-state index < -0.39 is 0 Å². The minimum Gasteiger partial charge on any atom is -0.310 e. The Morgan fingerprint density at radius 2 is 1.08 bits per heavy atom. The highest BCUT2D eigenvalue weighted by Crippen LogP contribution is 2.49. The number of benzene rings is 9. The fourth-order valence-electron chi connectivity index (χ4n) is 8.30. The van der Waals surface area contributed by atoms with E-state index in [1.165, 1.54) is 80.0 Å². The van der Waals surface area contributed by atoms with E-state index in [-0.39, 0.29) is 0 Å². The zero-order valence-corrected chi connectivity index (χ0v) is 28.4. The molecular formula is C48H30N2S. The van der Waals surface area contributed by atoms with Gasteiger partial charge in [0, 0.05) is 48.7 Å². The number of hydrogen-bond acceptors (Lipinski definition) is 2. The van der Waals surface area contributed by atoms with Gasteiger partial charge in [-0.25, -0.2) is 0 Å². The Morgan fingerprint density at radius 3 is 1.92 bits per heavy atom. The number of para-hydroxylation sites is 1. The van der Waals surface area contributed by atoms with Gasteiger partial charge in [-0.1, -0.05) is 127 Å². The molecule has 0 bridgehead atoms. The molecule has 0 saturated carbocycles. The summed E-state index contributed by atoms with van der Waals surface area (Å²) in [6, 6.07) is 66.6. The number of rotatable bonds is 4. The molecule has 11 aromatic rings. The molecule has 11 rings (SSSR count). The summed E-state index contributed by atoms with van der Waals surface area (Å²) >= 11 is 1.91. The molecule has 0 spiro atoms. The van der Waals surface area contributed by atoms with Crippen LogP contribution in [0.2, 0.25) is 0 Å². The summed E-state index contributed by atoms with van der Waals surface area (Å²) in [6.45, 7) is 0. The van der Waals surface area contributed by atoms with Gasteiger partial charge in [0.05, 0.1) is 21.4 Å². The van der Waals surface area contributed by atoms with Gasteiger partial charge in [0.1, 0.15) is 0 Å². The van der Waals surface area contributed by atoms with Gasteiger partial charge in [-0.3, -0.25) is 0 Å². The topological polar surface area (TPSA) is 8.17 Å². The van der Waals surface area contributed by atoms with Crippen molar-refractivity contribution in [2.45, 2.75) is 0 Å². The van der Waals surface area contributed by atoms with Crippen LogP contribution in [0.15, 0.2) is 182 Å². The van der Waals surface area contributed by atoms with Crippen LogP contribution in [0.3, 0.4) is 0 Å². The second-order valence-corrected chi connectivity index (χ2v) is 14.4. The van der Waals surface area contributed by atoms with Gasteiger partial charge in [0.15, 0.2) is 0 Å². The van der Waals surface area contributed by atoms with Gasteiger partial charge in [-0.05, 0) is 81.5 Å². The van der Waals surface area contributed by atoms with Gasteiger partial charge >= 0.3 is 0 Å². The van der Waals surface area contributed by atoms with Crippen LogP contribution in [0.4, 0.5) is 17.1 Å². The van der Waals surface area contributed by atoms with Crippen LogP contribution in [-0.2, 0) is 0 Å². The van der Waals surface area contributed by atoms with Gasteiger partial charge < -0.3 is 9.47 Å². The van der Waals surface area contributed by atoms with Crippen LogP contribution in [0.1, 0.15) is 0 Å². The molecule has 2 heterocycles. The maximum atomic E-state index is 2.52. The standard InChI is InChI=1S/C48H30N2S/c1-2-17-34(18-3-1)49(42-23-12-16-32-14-6-7-19-37(32)42)36-27-28-43-41(30-36)45-38-20-8-9-21-39(38)46-40-22-10-11-24-44(40)51-48(46)47(45)50(43)35-26-25-31-13-4-5-15-33(31)29-35/h1-30H. The van der Waals surface area contributed by atoms with E-state index in [4.69, 9.17) is 0 Å².